The molecule has 0 saturated carbocycles. The molecule has 0 spiro atoms. The van der Waals surface area contributed by atoms with Crippen LogP contribution in [0.4, 0.5) is 31.9 Å². The van der Waals surface area contributed by atoms with Crippen LogP contribution in [0.2, 0.25) is 0 Å². The third-order valence-corrected chi connectivity index (χ3v) is 4.06. The molecule has 3 aromatic carbocycles. The van der Waals surface area contributed by atoms with Gasteiger partial charge in [0.05, 0.1) is 0 Å². The molecule has 0 heterocycles. The van der Waals surface area contributed by atoms with E-state index in [1.165, 1.54) is 24.3 Å². The first-order valence-corrected chi connectivity index (χ1v) is 8.81. The van der Waals surface area contributed by atoms with E-state index in [9.17, 15) is 9.18 Å². The van der Waals surface area contributed by atoms with Gasteiger partial charge < -0.3 is 15.5 Å². The highest BCUT2D eigenvalue weighted by atomic mass is 19.1. The van der Waals surface area contributed by atoms with E-state index in [-0.39, 0.29) is 17.9 Å². The molecule has 0 aliphatic carbocycles. The lowest BCUT2D eigenvalue weighted by molar-refractivity contribution is 0.262. The number of carbonyl (C=O) groups excluding carboxylic acids is 1. The Morgan fingerprint density at radius 1 is 0.778 bits per heavy atom. The maximum absolute atomic E-state index is 12.9. The summed E-state index contributed by atoms with van der Waals surface area (Å²) >= 11 is 0. The van der Waals surface area contributed by atoms with Crippen molar-refractivity contribution in [3.05, 3.63) is 84.7 Å². The number of rotatable bonds is 5. The summed E-state index contributed by atoms with van der Waals surface area (Å²) in [5.74, 6) is -0.343. The van der Waals surface area contributed by atoms with Gasteiger partial charge in [0.2, 0.25) is 0 Å². The van der Waals surface area contributed by atoms with Gasteiger partial charge in [0.15, 0.2) is 0 Å². The zero-order chi connectivity index (χ0) is 19.2. The highest BCUT2D eigenvalue weighted by Crippen LogP contribution is 2.28. The quantitative estimate of drug-likeness (QED) is 0.582. The molecule has 0 saturated heterocycles. The van der Waals surface area contributed by atoms with Crippen molar-refractivity contribution in [3.63, 3.8) is 0 Å². The van der Waals surface area contributed by atoms with E-state index in [0.717, 1.165) is 11.4 Å². The largest absolute Gasteiger partial charge is 0.339 e. The van der Waals surface area contributed by atoms with Gasteiger partial charge in [-0.15, -0.1) is 0 Å². The Bertz CT molecular complexity index is 878. The Balaban J connectivity index is 1.69. The normalized spacial score (nSPS) is 10.5. The van der Waals surface area contributed by atoms with Crippen molar-refractivity contribution >= 4 is 28.8 Å². The summed E-state index contributed by atoms with van der Waals surface area (Å²) < 4.78 is 12.9. The summed E-state index contributed by atoms with van der Waals surface area (Å²) in [5.41, 5.74) is 3.36. The van der Waals surface area contributed by atoms with Gasteiger partial charge in [-0.2, -0.15) is 0 Å². The Labute approximate surface area is 158 Å². The lowest BCUT2D eigenvalue weighted by Crippen LogP contribution is -2.25. The van der Waals surface area contributed by atoms with Crippen molar-refractivity contribution in [2.75, 3.05) is 15.5 Å². The number of halogens is 1. The van der Waals surface area contributed by atoms with Gasteiger partial charge in [0.25, 0.3) is 0 Å². The number of anilines is 4. The van der Waals surface area contributed by atoms with Crippen LogP contribution in [-0.4, -0.2) is 12.1 Å². The first-order chi connectivity index (χ1) is 13.0. The number of hydrogen-bond donors (Lipinski definition) is 2. The molecule has 3 rings (SSSR count). The van der Waals surface area contributed by atoms with E-state index in [1.54, 1.807) is 0 Å². The van der Waals surface area contributed by atoms with Crippen LogP contribution in [0, 0.1) is 5.82 Å². The van der Waals surface area contributed by atoms with Gasteiger partial charge in [-0.25, -0.2) is 9.18 Å². The van der Waals surface area contributed by atoms with Crippen molar-refractivity contribution in [3.8, 4) is 0 Å². The molecule has 0 aromatic heterocycles. The van der Waals surface area contributed by atoms with Crippen molar-refractivity contribution in [2.45, 2.75) is 19.9 Å². The smallest absolute Gasteiger partial charge is 0.323 e. The summed E-state index contributed by atoms with van der Waals surface area (Å²) in [6.45, 7) is 4.27. The summed E-state index contributed by atoms with van der Waals surface area (Å²) in [5, 5.41) is 5.45. The molecule has 27 heavy (non-hydrogen) atoms. The zero-order valence-electron chi connectivity index (χ0n) is 15.3. The van der Waals surface area contributed by atoms with Gasteiger partial charge in [-0.3, -0.25) is 0 Å². The maximum Gasteiger partial charge on any atom is 0.323 e. The summed E-state index contributed by atoms with van der Waals surface area (Å²) in [6, 6.07) is 23.4. The molecule has 2 N–H and O–H groups in total. The molecule has 0 radical (unpaired) electrons. The molecule has 2 amide bonds. The Hall–Kier alpha value is -3.34. The molecular formula is C22H22FN3O. The molecular weight excluding hydrogens is 341 g/mol. The number of carbonyl (C=O) groups is 1. The van der Waals surface area contributed by atoms with E-state index in [2.05, 4.69) is 41.5 Å². The molecule has 0 aliphatic rings. The predicted molar refractivity (Wildman–Crippen MR) is 109 cm³/mol. The van der Waals surface area contributed by atoms with Crippen LogP contribution in [0.3, 0.4) is 0 Å². The van der Waals surface area contributed by atoms with E-state index >= 15 is 0 Å². The predicted octanol–water partition coefficient (Wildman–Crippen LogP) is 6.02. The molecule has 0 aliphatic heterocycles. The average Bonchev–Trinajstić information content (AvgIpc) is 2.66. The van der Waals surface area contributed by atoms with Crippen LogP contribution in [0.5, 0.6) is 0 Å². The van der Waals surface area contributed by atoms with E-state index < -0.39 is 0 Å². The van der Waals surface area contributed by atoms with Crippen molar-refractivity contribution in [2.24, 2.45) is 0 Å². The highest BCUT2D eigenvalue weighted by Gasteiger charge is 2.13. The van der Waals surface area contributed by atoms with Crippen molar-refractivity contribution in [1.82, 2.24) is 0 Å². The number of hydrogen-bond acceptors (Lipinski definition) is 2. The summed E-state index contributed by atoms with van der Waals surface area (Å²) in [4.78, 5) is 14.3. The molecule has 138 valence electrons. The van der Waals surface area contributed by atoms with Crippen LogP contribution in [0.1, 0.15) is 13.8 Å². The average molecular weight is 363 g/mol. The molecule has 0 fully saturated rings. The van der Waals surface area contributed by atoms with Crippen LogP contribution >= 0.6 is 0 Å². The second kappa shape index (κ2) is 8.36. The standard InChI is InChI=1S/C22H22FN3O/c1-16(2)26(20-6-4-3-5-7-20)21-14-12-19(13-15-21)25-22(27)24-18-10-8-17(23)9-11-18/h3-16H,1-2H3,(H2,24,25,27). The van der Waals surface area contributed by atoms with Gasteiger partial charge in [0, 0.05) is 28.8 Å². The minimum Gasteiger partial charge on any atom is -0.339 e. The second-order valence-corrected chi connectivity index (χ2v) is 6.43. The number of benzene rings is 3. The van der Waals surface area contributed by atoms with Crippen molar-refractivity contribution in [1.29, 1.82) is 0 Å². The summed E-state index contributed by atoms with van der Waals surface area (Å²) in [6.07, 6.45) is 0. The Kier molecular flexibility index (Phi) is 5.71. The monoisotopic (exact) mass is 363 g/mol. The Morgan fingerprint density at radius 3 is 1.78 bits per heavy atom. The third kappa shape index (κ3) is 4.85. The minimum atomic E-state index is -0.377. The number of amides is 2. The summed E-state index contributed by atoms with van der Waals surface area (Å²) in [7, 11) is 0. The lowest BCUT2D eigenvalue weighted by Gasteiger charge is -2.29. The number of urea groups is 1. The highest BCUT2D eigenvalue weighted by molar-refractivity contribution is 5.99. The van der Waals surface area contributed by atoms with Crippen molar-refractivity contribution < 1.29 is 9.18 Å². The van der Waals surface area contributed by atoms with Crippen LogP contribution in [-0.2, 0) is 0 Å². The van der Waals surface area contributed by atoms with E-state index in [4.69, 9.17) is 0 Å². The van der Waals surface area contributed by atoms with Gasteiger partial charge in [0.1, 0.15) is 5.82 Å². The van der Waals surface area contributed by atoms with Gasteiger partial charge >= 0.3 is 6.03 Å². The van der Waals surface area contributed by atoms with E-state index in [0.29, 0.717) is 11.4 Å². The maximum atomic E-state index is 12.9. The SMILES string of the molecule is CC(C)N(c1ccccc1)c1ccc(NC(=O)Nc2ccc(F)cc2)cc1. The van der Waals surface area contributed by atoms with Crippen LogP contribution in [0.15, 0.2) is 78.9 Å². The second-order valence-electron chi connectivity index (χ2n) is 6.43. The fourth-order valence-corrected chi connectivity index (χ4v) is 2.87. The Morgan fingerprint density at radius 2 is 1.26 bits per heavy atom. The molecule has 5 heteroatoms. The topological polar surface area (TPSA) is 44.4 Å². The molecule has 3 aromatic rings. The van der Waals surface area contributed by atoms with E-state index in [1.807, 2.05) is 42.5 Å². The fourth-order valence-electron chi connectivity index (χ4n) is 2.87. The zero-order valence-corrected chi connectivity index (χ0v) is 15.3. The molecule has 0 atom stereocenters. The number of para-hydroxylation sites is 1. The first-order valence-electron chi connectivity index (χ1n) is 8.81. The van der Waals surface area contributed by atoms with Gasteiger partial charge in [-0.05, 0) is 74.5 Å². The molecule has 4 nitrogen and oxygen atoms in total. The van der Waals surface area contributed by atoms with Gasteiger partial charge in [-0.1, -0.05) is 18.2 Å². The number of nitrogens with zero attached hydrogens (tertiary/aromatic N) is 1. The molecule has 0 bridgehead atoms. The van der Waals surface area contributed by atoms with Crippen LogP contribution in [0.25, 0.3) is 0 Å². The van der Waals surface area contributed by atoms with Crippen LogP contribution < -0.4 is 15.5 Å². The fraction of sp³-hybridized carbons (Fsp3) is 0.136. The molecule has 0 unspecified atom stereocenters. The number of nitrogens with one attached hydrogen (secondary N) is 2. The minimum absolute atomic E-state index is 0.285. The first kappa shape index (κ1) is 18.5. The lowest BCUT2D eigenvalue weighted by atomic mass is 10.2. The third-order valence-electron chi connectivity index (χ3n) is 4.06.